The first kappa shape index (κ1) is 19.6. The Balaban J connectivity index is 1.67. The molecule has 0 atom stereocenters. The number of nitrogen functional groups attached to an aromatic ring is 1. The lowest BCUT2D eigenvalue weighted by Crippen LogP contribution is -2.19. The van der Waals surface area contributed by atoms with Crippen LogP contribution in [0.5, 0.6) is 0 Å². The average molecular weight is 430 g/mol. The van der Waals surface area contributed by atoms with E-state index < -0.39 is 9.84 Å². The molecule has 1 saturated heterocycles. The highest BCUT2D eigenvalue weighted by Crippen LogP contribution is 2.32. The van der Waals surface area contributed by atoms with Crippen LogP contribution in [0.2, 0.25) is 0 Å². The Labute approximate surface area is 182 Å². The van der Waals surface area contributed by atoms with E-state index in [0.29, 0.717) is 17.2 Å². The third kappa shape index (κ3) is 3.75. The zero-order chi connectivity index (χ0) is 21.4. The molecule has 1 aromatic heterocycles. The standard InChI is InChI=1S/C25H23N3O2S/c26-21-9-11-22(12-10-21)31(29,30)23-16-24(27-25(17-23)28-13-3-4-14-28)20-8-7-18-5-1-2-6-19(18)15-20/h1-2,5-12,15-17H,3-4,13-14,26H2. The summed E-state index contributed by atoms with van der Waals surface area (Å²) in [6.45, 7) is 1.77. The van der Waals surface area contributed by atoms with Crippen molar-refractivity contribution in [1.82, 2.24) is 4.98 Å². The third-order valence-corrected chi connectivity index (χ3v) is 7.51. The van der Waals surface area contributed by atoms with Gasteiger partial charge in [-0.05, 0) is 66.1 Å². The zero-order valence-corrected chi connectivity index (χ0v) is 17.8. The fourth-order valence-electron chi connectivity index (χ4n) is 4.03. The second kappa shape index (κ2) is 7.71. The summed E-state index contributed by atoms with van der Waals surface area (Å²) in [5, 5.41) is 2.23. The highest BCUT2D eigenvalue weighted by atomic mass is 32.2. The molecule has 1 aliphatic heterocycles. The number of nitrogens with zero attached hydrogens (tertiary/aromatic N) is 2. The van der Waals surface area contributed by atoms with Gasteiger partial charge in [0.25, 0.3) is 0 Å². The Morgan fingerprint density at radius 3 is 2.23 bits per heavy atom. The van der Waals surface area contributed by atoms with Crippen molar-refractivity contribution in [2.45, 2.75) is 22.6 Å². The number of pyridine rings is 1. The summed E-state index contributed by atoms with van der Waals surface area (Å²) in [5.41, 5.74) is 7.83. The number of hydrogen-bond acceptors (Lipinski definition) is 5. The van der Waals surface area contributed by atoms with Crippen molar-refractivity contribution >= 4 is 32.1 Å². The predicted octanol–water partition coefficient (Wildman–Crippen LogP) is 4.92. The molecule has 5 rings (SSSR count). The first-order valence-corrected chi connectivity index (χ1v) is 11.9. The largest absolute Gasteiger partial charge is 0.399 e. The van der Waals surface area contributed by atoms with E-state index in [2.05, 4.69) is 23.1 Å². The molecule has 0 spiro atoms. The van der Waals surface area contributed by atoms with Crippen LogP contribution in [0.1, 0.15) is 12.8 Å². The molecule has 2 N–H and O–H groups in total. The van der Waals surface area contributed by atoms with Gasteiger partial charge in [0.1, 0.15) is 5.82 Å². The van der Waals surface area contributed by atoms with Crippen molar-refractivity contribution < 1.29 is 8.42 Å². The lowest BCUT2D eigenvalue weighted by Gasteiger charge is -2.19. The van der Waals surface area contributed by atoms with Crippen LogP contribution in [-0.4, -0.2) is 26.5 Å². The number of hydrogen-bond donors (Lipinski definition) is 1. The van der Waals surface area contributed by atoms with Crippen molar-refractivity contribution in [3.05, 3.63) is 78.9 Å². The van der Waals surface area contributed by atoms with Gasteiger partial charge < -0.3 is 10.6 Å². The van der Waals surface area contributed by atoms with Gasteiger partial charge in [-0.1, -0.05) is 36.4 Å². The lowest BCUT2D eigenvalue weighted by molar-refractivity contribution is 0.596. The van der Waals surface area contributed by atoms with Crippen LogP contribution < -0.4 is 10.6 Å². The maximum absolute atomic E-state index is 13.4. The van der Waals surface area contributed by atoms with Crippen molar-refractivity contribution in [3.8, 4) is 11.3 Å². The maximum atomic E-state index is 13.4. The molecule has 0 amide bonds. The topological polar surface area (TPSA) is 76.3 Å². The summed E-state index contributed by atoms with van der Waals surface area (Å²) in [7, 11) is -3.70. The predicted molar refractivity (Wildman–Crippen MR) is 125 cm³/mol. The molecule has 5 nitrogen and oxygen atoms in total. The van der Waals surface area contributed by atoms with E-state index in [1.54, 1.807) is 36.4 Å². The third-order valence-electron chi connectivity index (χ3n) is 5.76. The van der Waals surface area contributed by atoms with Gasteiger partial charge in [0, 0.05) is 24.3 Å². The van der Waals surface area contributed by atoms with Gasteiger partial charge in [0.2, 0.25) is 9.84 Å². The van der Waals surface area contributed by atoms with Gasteiger partial charge in [-0.2, -0.15) is 0 Å². The Kier molecular flexibility index (Phi) is 4.87. The summed E-state index contributed by atoms with van der Waals surface area (Å²) in [4.78, 5) is 7.49. The second-order valence-electron chi connectivity index (χ2n) is 7.87. The lowest BCUT2D eigenvalue weighted by atomic mass is 10.0. The minimum atomic E-state index is -3.70. The van der Waals surface area contributed by atoms with Crippen LogP contribution >= 0.6 is 0 Å². The number of benzene rings is 3. The Bertz CT molecular complexity index is 1360. The normalized spacial score (nSPS) is 14.3. The molecule has 0 aliphatic carbocycles. The molecule has 0 radical (unpaired) electrons. The molecular weight excluding hydrogens is 406 g/mol. The molecule has 2 heterocycles. The molecule has 1 fully saturated rings. The molecule has 6 heteroatoms. The first-order chi connectivity index (χ1) is 15.0. The summed E-state index contributed by atoms with van der Waals surface area (Å²) >= 11 is 0. The van der Waals surface area contributed by atoms with E-state index in [1.807, 2.05) is 24.3 Å². The highest BCUT2D eigenvalue weighted by molar-refractivity contribution is 7.91. The number of sulfone groups is 1. The van der Waals surface area contributed by atoms with E-state index in [1.165, 1.54) is 0 Å². The van der Waals surface area contributed by atoms with Crippen LogP contribution in [0.4, 0.5) is 11.5 Å². The molecule has 4 aromatic rings. The molecule has 0 bridgehead atoms. The number of aromatic nitrogens is 1. The average Bonchev–Trinajstić information content (AvgIpc) is 3.34. The molecule has 3 aromatic carbocycles. The monoisotopic (exact) mass is 429 g/mol. The number of anilines is 2. The van der Waals surface area contributed by atoms with Crippen molar-refractivity contribution in [2.24, 2.45) is 0 Å². The Hall–Kier alpha value is -3.38. The van der Waals surface area contributed by atoms with E-state index in [9.17, 15) is 8.42 Å². The van der Waals surface area contributed by atoms with Gasteiger partial charge in [0.15, 0.2) is 0 Å². The quantitative estimate of drug-likeness (QED) is 0.466. The van der Waals surface area contributed by atoms with Crippen LogP contribution in [-0.2, 0) is 9.84 Å². The van der Waals surface area contributed by atoms with Crippen molar-refractivity contribution in [3.63, 3.8) is 0 Å². The summed E-state index contributed by atoms with van der Waals surface area (Å²) in [5.74, 6) is 0.706. The molecular formula is C25H23N3O2S. The van der Waals surface area contributed by atoms with E-state index >= 15 is 0 Å². The Morgan fingerprint density at radius 2 is 1.48 bits per heavy atom. The van der Waals surface area contributed by atoms with Gasteiger partial charge in [-0.25, -0.2) is 13.4 Å². The minimum Gasteiger partial charge on any atom is -0.399 e. The number of nitrogens with two attached hydrogens (primary N) is 1. The van der Waals surface area contributed by atoms with Crippen LogP contribution in [0.3, 0.4) is 0 Å². The Morgan fingerprint density at radius 1 is 0.774 bits per heavy atom. The van der Waals surface area contributed by atoms with Crippen molar-refractivity contribution in [1.29, 1.82) is 0 Å². The van der Waals surface area contributed by atoms with Crippen LogP contribution in [0.25, 0.3) is 22.0 Å². The van der Waals surface area contributed by atoms with Gasteiger partial charge in [-0.3, -0.25) is 0 Å². The van der Waals surface area contributed by atoms with Crippen molar-refractivity contribution in [2.75, 3.05) is 23.7 Å². The molecule has 1 aliphatic rings. The first-order valence-electron chi connectivity index (χ1n) is 10.4. The molecule has 31 heavy (non-hydrogen) atoms. The fourth-order valence-corrected chi connectivity index (χ4v) is 5.33. The van der Waals surface area contributed by atoms with Gasteiger partial charge >= 0.3 is 0 Å². The smallest absolute Gasteiger partial charge is 0.206 e. The van der Waals surface area contributed by atoms with Gasteiger partial charge in [-0.15, -0.1) is 0 Å². The SMILES string of the molecule is Nc1ccc(S(=O)(=O)c2cc(-c3ccc4ccccc4c3)nc(N3CCCC3)c2)cc1. The van der Waals surface area contributed by atoms with E-state index in [0.717, 1.165) is 42.3 Å². The number of rotatable bonds is 4. The van der Waals surface area contributed by atoms with E-state index in [4.69, 9.17) is 10.7 Å². The van der Waals surface area contributed by atoms with Gasteiger partial charge in [0.05, 0.1) is 15.5 Å². The summed E-state index contributed by atoms with van der Waals surface area (Å²) in [6.07, 6.45) is 2.17. The van der Waals surface area contributed by atoms with Crippen LogP contribution in [0, 0.1) is 0 Å². The maximum Gasteiger partial charge on any atom is 0.206 e. The minimum absolute atomic E-state index is 0.227. The van der Waals surface area contributed by atoms with E-state index in [-0.39, 0.29) is 9.79 Å². The fraction of sp³-hybridized carbons (Fsp3) is 0.160. The zero-order valence-electron chi connectivity index (χ0n) is 17.0. The second-order valence-corrected chi connectivity index (χ2v) is 9.82. The molecule has 0 unspecified atom stereocenters. The summed E-state index contributed by atoms with van der Waals surface area (Å²) < 4.78 is 26.8. The molecule has 0 saturated carbocycles. The summed E-state index contributed by atoms with van der Waals surface area (Å²) in [6, 6.07) is 23.9. The highest BCUT2D eigenvalue weighted by Gasteiger charge is 2.23. The molecule has 156 valence electrons. The number of fused-ring (bicyclic) bond motifs is 1. The van der Waals surface area contributed by atoms with Crippen LogP contribution in [0.15, 0.2) is 88.7 Å².